The molecule has 0 aliphatic carbocycles. The van der Waals surface area contributed by atoms with E-state index in [1.807, 2.05) is 25.6 Å². The van der Waals surface area contributed by atoms with Crippen LogP contribution >= 0.6 is 0 Å². The molecule has 0 heterocycles. The van der Waals surface area contributed by atoms with Crippen LogP contribution in [0.1, 0.15) is 27.2 Å². The summed E-state index contributed by atoms with van der Waals surface area (Å²) in [4.78, 5) is 0. The Morgan fingerprint density at radius 2 is 1.92 bits per heavy atom. The van der Waals surface area contributed by atoms with Crippen molar-refractivity contribution in [1.82, 2.24) is 0 Å². The normalized spacial score (nSPS) is 16.3. The van der Waals surface area contributed by atoms with Gasteiger partial charge in [0.2, 0.25) is 0 Å². The molecule has 13 heavy (non-hydrogen) atoms. The van der Waals surface area contributed by atoms with Crippen molar-refractivity contribution in [2.24, 2.45) is 0 Å². The first-order valence-corrected chi connectivity index (χ1v) is 6.51. The third-order valence-corrected chi connectivity index (χ3v) is 4.12. The Morgan fingerprint density at radius 3 is 2.31 bits per heavy atom. The van der Waals surface area contributed by atoms with Gasteiger partial charge in [-0.15, -0.1) is 0 Å². The second-order valence-corrected chi connectivity index (χ2v) is 5.12. The van der Waals surface area contributed by atoms with Crippen molar-refractivity contribution in [3.8, 4) is 0 Å². The molecular weight excluding hydrogens is 184 g/mol. The molecule has 3 nitrogen and oxygen atoms in total. The highest BCUT2D eigenvalue weighted by Gasteiger charge is 2.36. The summed E-state index contributed by atoms with van der Waals surface area (Å²) in [6.45, 7) is 7.25. The quantitative estimate of drug-likeness (QED) is 0.595. The summed E-state index contributed by atoms with van der Waals surface area (Å²) in [5, 5.41) is 0. The molecule has 0 aliphatic heterocycles. The van der Waals surface area contributed by atoms with Crippen LogP contribution in [0, 0.1) is 0 Å². The van der Waals surface area contributed by atoms with Crippen molar-refractivity contribution in [2.75, 3.05) is 20.3 Å². The Labute approximate surface area is 82.1 Å². The maximum atomic E-state index is 5.62. The van der Waals surface area contributed by atoms with E-state index in [1.165, 1.54) is 0 Å². The van der Waals surface area contributed by atoms with Gasteiger partial charge in [-0.3, -0.25) is 0 Å². The summed E-state index contributed by atoms with van der Waals surface area (Å²) in [5.74, 6) is 0. The molecule has 0 N–H and O–H groups in total. The molecule has 0 aromatic carbocycles. The van der Waals surface area contributed by atoms with Crippen LogP contribution in [-0.2, 0) is 13.3 Å². The molecule has 0 aromatic rings. The van der Waals surface area contributed by atoms with E-state index in [0.29, 0.717) is 13.2 Å². The molecule has 0 aliphatic rings. The summed E-state index contributed by atoms with van der Waals surface area (Å²) in [7, 11) is -0.835. The number of rotatable bonds is 7. The van der Waals surface area contributed by atoms with Crippen molar-refractivity contribution < 1.29 is 13.3 Å². The fourth-order valence-corrected chi connectivity index (χ4v) is 2.92. The highest BCUT2D eigenvalue weighted by Crippen LogP contribution is 2.10. The summed E-state index contributed by atoms with van der Waals surface area (Å²) in [6, 6.07) is 0. The minimum absolute atomic E-state index is 0.619. The van der Waals surface area contributed by atoms with Crippen LogP contribution in [0.5, 0.6) is 0 Å². The Hall–Kier alpha value is -0.163. The third kappa shape index (κ3) is 4.57. The summed E-state index contributed by atoms with van der Waals surface area (Å²) in [6.07, 6.45) is 2.89. The first-order valence-electron chi connectivity index (χ1n) is 4.71. The summed E-state index contributed by atoms with van der Waals surface area (Å²) < 4.78 is 16.5. The first kappa shape index (κ1) is 12.8. The lowest BCUT2D eigenvalue weighted by Crippen LogP contribution is -2.43. The molecule has 0 saturated heterocycles. The van der Waals surface area contributed by atoms with Gasteiger partial charge in [0, 0.05) is 20.3 Å². The SMILES string of the molecule is CC=C[Si](OC)(OCC)OCCC. The van der Waals surface area contributed by atoms with Gasteiger partial charge in [0.1, 0.15) is 0 Å². The molecule has 0 radical (unpaired) electrons. The van der Waals surface area contributed by atoms with Crippen molar-refractivity contribution in [1.29, 1.82) is 0 Å². The van der Waals surface area contributed by atoms with Gasteiger partial charge in [-0.2, -0.15) is 0 Å². The Bertz CT molecular complexity index is 150. The van der Waals surface area contributed by atoms with Crippen molar-refractivity contribution in [3.05, 3.63) is 11.8 Å². The van der Waals surface area contributed by atoms with E-state index in [-0.39, 0.29) is 0 Å². The lowest BCUT2D eigenvalue weighted by Gasteiger charge is -2.24. The minimum atomic E-state index is -2.47. The van der Waals surface area contributed by atoms with Gasteiger partial charge >= 0.3 is 8.80 Å². The van der Waals surface area contributed by atoms with Crippen molar-refractivity contribution in [3.63, 3.8) is 0 Å². The number of hydrogen-bond donors (Lipinski definition) is 0. The predicted octanol–water partition coefficient (Wildman–Crippen LogP) is 2.15. The fourth-order valence-electron chi connectivity index (χ4n) is 0.973. The van der Waals surface area contributed by atoms with Gasteiger partial charge in [0.25, 0.3) is 0 Å². The highest BCUT2D eigenvalue weighted by molar-refractivity contribution is 6.66. The monoisotopic (exact) mass is 204 g/mol. The van der Waals surface area contributed by atoms with Gasteiger partial charge in [0.05, 0.1) is 0 Å². The van der Waals surface area contributed by atoms with Crippen molar-refractivity contribution >= 4 is 8.80 Å². The maximum Gasteiger partial charge on any atom is 0.528 e. The molecule has 0 amide bonds. The van der Waals surface area contributed by atoms with Gasteiger partial charge in [-0.05, 0) is 26.0 Å². The van der Waals surface area contributed by atoms with Crippen LogP contribution in [0.2, 0.25) is 0 Å². The molecule has 0 fully saturated rings. The molecular formula is C9H20O3Si. The van der Waals surface area contributed by atoms with Crippen molar-refractivity contribution in [2.45, 2.75) is 27.2 Å². The van der Waals surface area contributed by atoms with E-state index in [4.69, 9.17) is 13.3 Å². The maximum absolute atomic E-state index is 5.62. The van der Waals surface area contributed by atoms with Crippen LogP contribution in [0.3, 0.4) is 0 Å². The molecule has 1 atom stereocenters. The van der Waals surface area contributed by atoms with Gasteiger partial charge < -0.3 is 13.3 Å². The molecule has 78 valence electrons. The second-order valence-electron chi connectivity index (χ2n) is 2.59. The second kappa shape index (κ2) is 7.26. The van der Waals surface area contributed by atoms with E-state index >= 15 is 0 Å². The Morgan fingerprint density at radius 1 is 1.23 bits per heavy atom. The smallest absolute Gasteiger partial charge is 0.374 e. The molecule has 0 spiro atoms. The van der Waals surface area contributed by atoms with E-state index in [0.717, 1.165) is 6.42 Å². The minimum Gasteiger partial charge on any atom is -0.374 e. The van der Waals surface area contributed by atoms with Crippen LogP contribution in [0.4, 0.5) is 0 Å². The largest absolute Gasteiger partial charge is 0.528 e. The van der Waals surface area contributed by atoms with Crippen LogP contribution in [-0.4, -0.2) is 29.1 Å². The molecule has 0 aromatic heterocycles. The predicted molar refractivity (Wildman–Crippen MR) is 55.4 cm³/mol. The van der Waals surface area contributed by atoms with Gasteiger partial charge in [-0.1, -0.05) is 13.0 Å². The summed E-state index contributed by atoms with van der Waals surface area (Å²) in [5.41, 5.74) is 1.91. The fraction of sp³-hybridized carbons (Fsp3) is 0.778. The Balaban J connectivity index is 4.25. The van der Waals surface area contributed by atoms with E-state index < -0.39 is 8.80 Å². The molecule has 0 bridgehead atoms. The standard InChI is InChI=1S/C9H20O3Si/c1-5-8-12-13(10-4,9-6-2)11-7-3/h6,9H,5,7-8H2,1-4H3. The summed E-state index contributed by atoms with van der Waals surface area (Å²) >= 11 is 0. The number of hydrogen-bond acceptors (Lipinski definition) is 3. The average Bonchev–Trinajstić information content (AvgIpc) is 2.15. The average molecular weight is 204 g/mol. The lowest BCUT2D eigenvalue weighted by molar-refractivity contribution is 0.0951. The molecule has 4 heteroatoms. The van der Waals surface area contributed by atoms with E-state index in [1.54, 1.807) is 7.11 Å². The first-order chi connectivity index (χ1) is 6.24. The molecule has 0 rings (SSSR count). The molecule has 0 saturated carbocycles. The van der Waals surface area contributed by atoms with Crippen LogP contribution in [0.25, 0.3) is 0 Å². The van der Waals surface area contributed by atoms with Gasteiger partial charge in [-0.25, -0.2) is 0 Å². The Kier molecular flexibility index (Phi) is 7.17. The topological polar surface area (TPSA) is 27.7 Å². The van der Waals surface area contributed by atoms with Crippen LogP contribution < -0.4 is 0 Å². The zero-order chi connectivity index (χ0) is 10.2. The van der Waals surface area contributed by atoms with Crippen LogP contribution in [0.15, 0.2) is 11.8 Å². The zero-order valence-corrected chi connectivity index (χ0v) is 10.0. The van der Waals surface area contributed by atoms with E-state index in [2.05, 4.69) is 6.92 Å². The zero-order valence-electron chi connectivity index (χ0n) is 9.00. The third-order valence-electron chi connectivity index (χ3n) is 1.51. The number of allylic oxidation sites excluding steroid dienone is 1. The molecule has 1 unspecified atom stereocenters. The van der Waals surface area contributed by atoms with E-state index in [9.17, 15) is 0 Å². The highest BCUT2D eigenvalue weighted by atomic mass is 28.4. The van der Waals surface area contributed by atoms with Gasteiger partial charge in [0.15, 0.2) is 0 Å². The lowest BCUT2D eigenvalue weighted by atomic mass is 10.5.